The van der Waals surface area contributed by atoms with E-state index < -0.39 is 0 Å². The van der Waals surface area contributed by atoms with E-state index in [0.717, 1.165) is 31.5 Å². The van der Waals surface area contributed by atoms with E-state index in [4.69, 9.17) is 0 Å². The van der Waals surface area contributed by atoms with Crippen LogP contribution < -0.4 is 10.6 Å². The third-order valence-electron chi connectivity index (χ3n) is 5.35. The van der Waals surface area contributed by atoms with Crippen molar-refractivity contribution in [1.82, 2.24) is 20.4 Å². The summed E-state index contributed by atoms with van der Waals surface area (Å²) in [5.41, 5.74) is 0.984. The van der Waals surface area contributed by atoms with E-state index in [1.807, 2.05) is 0 Å². The van der Waals surface area contributed by atoms with Gasteiger partial charge in [-0.15, -0.1) is 24.0 Å². The van der Waals surface area contributed by atoms with Gasteiger partial charge >= 0.3 is 0 Å². The van der Waals surface area contributed by atoms with Gasteiger partial charge in [0.1, 0.15) is 0 Å². The second-order valence-corrected chi connectivity index (χ2v) is 7.16. The van der Waals surface area contributed by atoms with E-state index in [2.05, 4.69) is 20.5 Å². The standard InChI is InChI=1S/C19H25N5O2.HI/c1-20-19(22-13-8-10-23(12-13)14-6-7-14)21-9-11-24-17(25)15-4-2-3-5-16(15)18(24)26;/h2-5,13-14H,6-12H2,1H3,(H2,20,21,22);1H. The van der Waals surface area contributed by atoms with Gasteiger partial charge in [0.2, 0.25) is 0 Å². The lowest BCUT2D eigenvalue weighted by molar-refractivity contribution is 0.0657. The normalized spacial score (nSPS) is 22.6. The quantitative estimate of drug-likeness (QED) is 0.286. The number of benzene rings is 1. The highest BCUT2D eigenvalue weighted by Crippen LogP contribution is 2.29. The van der Waals surface area contributed by atoms with Crippen LogP contribution in [0.25, 0.3) is 0 Å². The van der Waals surface area contributed by atoms with E-state index in [-0.39, 0.29) is 35.8 Å². The second-order valence-electron chi connectivity index (χ2n) is 7.16. The van der Waals surface area contributed by atoms with Crippen molar-refractivity contribution >= 4 is 41.8 Å². The minimum Gasteiger partial charge on any atom is -0.355 e. The number of hydrogen-bond acceptors (Lipinski definition) is 4. The van der Waals surface area contributed by atoms with E-state index in [9.17, 15) is 9.59 Å². The van der Waals surface area contributed by atoms with Gasteiger partial charge in [-0.3, -0.25) is 24.4 Å². The van der Waals surface area contributed by atoms with Gasteiger partial charge in [-0.1, -0.05) is 12.1 Å². The third-order valence-corrected chi connectivity index (χ3v) is 5.35. The highest BCUT2D eigenvalue weighted by atomic mass is 127. The Hall–Kier alpha value is -1.68. The number of hydrogen-bond donors (Lipinski definition) is 2. The van der Waals surface area contributed by atoms with Crippen LogP contribution in [0, 0.1) is 0 Å². The summed E-state index contributed by atoms with van der Waals surface area (Å²) in [5.74, 6) is 0.293. The number of carbonyl (C=O) groups is 2. The molecule has 1 aromatic carbocycles. The van der Waals surface area contributed by atoms with Crippen LogP contribution in [-0.4, -0.2) is 72.9 Å². The van der Waals surface area contributed by atoms with Crippen LogP contribution in [0.15, 0.2) is 29.3 Å². The van der Waals surface area contributed by atoms with Crippen molar-refractivity contribution in [1.29, 1.82) is 0 Å². The molecule has 0 spiro atoms. The zero-order valence-corrected chi connectivity index (χ0v) is 17.8. The number of halogens is 1. The number of nitrogens with one attached hydrogen (secondary N) is 2. The fourth-order valence-corrected chi connectivity index (χ4v) is 3.79. The van der Waals surface area contributed by atoms with Crippen LogP contribution in [0.2, 0.25) is 0 Å². The van der Waals surface area contributed by atoms with Gasteiger partial charge in [-0.05, 0) is 31.4 Å². The number of imide groups is 1. The average molecular weight is 483 g/mol. The monoisotopic (exact) mass is 483 g/mol. The van der Waals surface area contributed by atoms with E-state index in [1.54, 1.807) is 31.3 Å². The van der Waals surface area contributed by atoms with Crippen LogP contribution in [0.4, 0.5) is 0 Å². The molecule has 1 saturated carbocycles. The topological polar surface area (TPSA) is 77.0 Å². The van der Waals surface area contributed by atoms with E-state index >= 15 is 0 Å². The summed E-state index contributed by atoms with van der Waals surface area (Å²) >= 11 is 0. The number of guanidine groups is 1. The first-order chi connectivity index (χ1) is 12.7. The summed E-state index contributed by atoms with van der Waals surface area (Å²) in [5, 5.41) is 6.68. The molecule has 1 aromatic rings. The van der Waals surface area contributed by atoms with Crippen molar-refractivity contribution < 1.29 is 9.59 Å². The lowest BCUT2D eigenvalue weighted by Gasteiger charge is -2.20. The molecular weight excluding hydrogens is 457 g/mol. The summed E-state index contributed by atoms with van der Waals surface area (Å²) in [4.78, 5) is 32.8. The molecule has 1 aliphatic carbocycles. The maximum Gasteiger partial charge on any atom is 0.261 e. The Morgan fingerprint density at radius 3 is 2.41 bits per heavy atom. The largest absolute Gasteiger partial charge is 0.355 e. The van der Waals surface area contributed by atoms with Gasteiger partial charge in [-0.25, -0.2) is 0 Å². The molecule has 27 heavy (non-hydrogen) atoms. The summed E-state index contributed by atoms with van der Waals surface area (Å²) in [6, 6.07) is 8.17. The molecule has 2 heterocycles. The number of aliphatic imine (C=N–C) groups is 1. The Kier molecular flexibility index (Phi) is 6.36. The summed E-state index contributed by atoms with van der Waals surface area (Å²) < 4.78 is 0. The van der Waals surface area contributed by atoms with E-state index in [0.29, 0.717) is 30.3 Å². The molecule has 0 aromatic heterocycles. The molecule has 0 radical (unpaired) electrons. The summed E-state index contributed by atoms with van der Waals surface area (Å²) in [6.07, 6.45) is 3.79. The van der Waals surface area contributed by atoms with Crippen molar-refractivity contribution in [3.63, 3.8) is 0 Å². The first-order valence-electron chi connectivity index (χ1n) is 9.34. The van der Waals surface area contributed by atoms with Crippen LogP contribution >= 0.6 is 24.0 Å². The van der Waals surface area contributed by atoms with Crippen LogP contribution in [0.5, 0.6) is 0 Å². The molecule has 2 amide bonds. The number of fused-ring (bicyclic) bond motifs is 1. The van der Waals surface area contributed by atoms with Crippen molar-refractivity contribution in [2.75, 3.05) is 33.2 Å². The van der Waals surface area contributed by atoms with Crippen molar-refractivity contribution in [3.8, 4) is 0 Å². The van der Waals surface area contributed by atoms with Crippen molar-refractivity contribution in [2.45, 2.75) is 31.3 Å². The Labute approximate surface area is 176 Å². The Morgan fingerprint density at radius 1 is 1.15 bits per heavy atom. The number of amides is 2. The Bertz CT molecular complexity index is 714. The Balaban J connectivity index is 0.00000210. The first kappa shape index (κ1) is 20.1. The third kappa shape index (κ3) is 4.26. The molecule has 146 valence electrons. The summed E-state index contributed by atoms with van der Waals surface area (Å²) in [6.45, 7) is 3.01. The van der Waals surface area contributed by atoms with Gasteiger partial charge in [0.05, 0.1) is 11.1 Å². The number of rotatable bonds is 5. The molecule has 3 aliphatic rings. The SMILES string of the molecule is CN=C(NCCN1C(=O)c2ccccc2C1=O)NC1CCN(C2CC2)C1.I. The van der Waals surface area contributed by atoms with Crippen molar-refractivity contribution in [2.24, 2.45) is 4.99 Å². The fourth-order valence-electron chi connectivity index (χ4n) is 3.79. The zero-order chi connectivity index (χ0) is 18.1. The average Bonchev–Trinajstić information content (AvgIpc) is 3.37. The van der Waals surface area contributed by atoms with Crippen LogP contribution in [0.1, 0.15) is 40.0 Å². The lowest BCUT2D eigenvalue weighted by atomic mass is 10.1. The van der Waals surface area contributed by atoms with Gasteiger partial charge in [0.25, 0.3) is 11.8 Å². The fraction of sp³-hybridized carbons (Fsp3) is 0.526. The van der Waals surface area contributed by atoms with Gasteiger partial charge in [0, 0.05) is 45.3 Å². The molecule has 0 bridgehead atoms. The van der Waals surface area contributed by atoms with Crippen LogP contribution in [-0.2, 0) is 0 Å². The van der Waals surface area contributed by atoms with Gasteiger partial charge in [0.15, 0.2) is 5.96 Å². The maximum atomic E-state index is 12.4. The molecular formula is C19H26IN5O2. The first-order valence-corrected chi connectivity index (χ1v) is 9.34. The molecule has 1 saturated heterocycles. The molecule has 2 N–H and O–H groups in total. The summed E-state index contributed by atoms with van der Waals surface area (Å²) in [7, 11) is 1.74. The van der Waals surface area contributed by atoms with Crippen LogP contribution in [0.3, 0.4) is 0 Å². The predicted octanol–water partition coefficient (Wildman–Crippen LogP) is 1.30. The minimum atomic E-state index is -0.216. The molecule has 1 unspecified atom stereocenters. The number of nitrogens with zero attached hydrogens (tertiary/aromatic N) is 3. The zero-order valence-electron chi connectivity index (χ0n) is 15.5. The highest BCUT2D eigenvalue weighted by Gasteiger charge is 2.35. The molecule has 7 nitrogen and oxygen atoms in total. The molecule has 2 fully saturated rings. The van der Waals surface area contributed by atoms with Gasteiger partial charge < -0.3 is 10.6 Å². The predicted molar refractivity (Wildman–Crippen MR) is 115 cm³/mol. The van der Waals surface area contributed by atoms with Gasteiger partial charge in [-0.2, -0.15) is 0 Å². The molecule has 1 atom stereocenters. The number of carbonyl (C=O) groups excluding carboxylic acids is 2. The minimum absolute atomic E-state index is 0. The second kappa shape index (κ2) is 8.55. The smallest absolute Gasteiger partial charge is 0.261 e. The molecule has 8 heteroatoms. The highest BCUT2D eigenvalue weighted by molar-refractivity contribution is 14.0. The maximum absolute atomic E-state index is 12.4. The molecule has 2 aliphatic heterocycles. The lowest BCUT2D eigenvalue weighted by Crippen LogP contribution is -2.47. The number of likely N-dealkylation sites (tertiary alicyclic amines) is 1. The Morgan fingerprint density at radius 2 is 1.81 bits per heavy atom. The van der Waals surface area contributed by atoms with E-state index in [1.165, 1.54) is 17.7 Å². The van der Waals surface area contributed by atoms with Crippen molar-refractivity contribution in [3.05, 3.63) is 35.4 Å². The molecule has 4 rings (SSSR count).